The first kappa shape index (κ1) is 31.8. The molecule has 11 nitrogen and oxygen atoms in total. The Morgan fingerprint density at radius 2 is 1.30 bits per heavy atom. The van der Waals surface area contributed by atoms with Crippen LogP contribution in [0.2, 0.25) is 0 Å². The van der Waals surface area contributed by atoms with Crippen LogP contribution in [0.3, 0.4) is 0 Å². The summed E-state index contributed by atoms with van der Waals surface area (Å²) < 4.78 is 8.88. The summed E-state index contributed by atoms with van der Waals surface area (Å²) in [5.74, 6) is -3.71. The quantitative estimate of drug-likeness (QED) is 0.156. The average molecular weight is 637 g/mol. The molecule has 1 aliphatic heterocycles. The Morgan fingerprint density at radius 3 is 1.63 bits per heavy atom. The number of carboxylic acid groups (broad SMARTS) is 2. The molecular formula is C17H36N3O8PPt+2. The molecule has 2 aliphatic rings. The molecule has 0 spiro atoms. The van der Waals surface area contributed by atoms with Gasteiger partial charge in [0.05, 0.1) is 0 Å². The number of phosphoric acid groups is 1. The number of rotatable bonds is 6. The van der Waals surface area contributed by atoms with Crippen molar-refractivity contribution in [2.24, 2.45) is 17.4 Å². The van der Waals surface area contributed by atoms with Gasteiger partial charge in [-0.2, -0.15) is 0 Å². The van der Waals surface area contributed by atoms with Gasteiger partial charge in [-0.3, -0.25) is 9.59 Å². The van der Waals surface area contributed by atoms with Gasteiger partial charge in [0.15, 0.2) is 5.92 Å². The van der Waals surface area contributed by atoms with Crippen molar-refractivity contribution in [1.82, 2.24) is 4.90 Å². The summed E-state index contributed by atoms with van der Waals surface area (Å²) >= 11 is 0. The smallest absolute Gasteiger partial charge is 0.481 e. The van der Waals surface area contributed by atoms with Crippen molar-refractivity contribution in [3.05, 3.63) is 0 Å². The van der Waals surface area contributed by atoms with E-state index in [0.29, 0.717) is 6.42 Å². The van der Waals surface area contributed by atoms with E-state index in [1.54, 1.807) is 0 Å². The summed E-state index contributed by atoms with van der Waals surface area (Å²) in [6.45, 7) is 2.94. The fraction of sp³-hybridized carbons (Fsp3) is 0.882. The van der Waals surface area contributed by atoms with Crippen molar-refractivity contribution in [2.75, 3.05) is 19.6 Å². The van der Waals surface area contributed by atoms with Crippen molar-refractivity contribution < 1.29 is 60.1 Å². The van der Waals surface area contributed by atoms with Crippen LogP contribution in [0.15, 0.2) is 0 Å². The normalized spacial score (nSPS) is 21.9. The molecule has 0 amide bonds. The minimum Gasteiger partial charge on any atom is -0.481 e. The van der Waals surface area contributed by atoms with E-state index in [9.17, 15) is 9.59 Å². The van der Waals surface area contributed by atoms with Gasteiger partial charge in [-0.1, -0.05) is 19.3 Å². The second kappa shape index (κ2) is 17.2. The molecule has 0 aromatic carbocycles. The molecule has 2 rings (SSSR count). The maximum atomic E-state index is 10.6. The molecule has 2 fully saturated rings. The van der Waals surface area contributed by atoms with Crippen LogP contribution in [0.5, 0.6) is 0 Å². The van der Waals surface area contributed by atoms with Crippen molar-refractivity contribution in [3.63, 3.8) is 0 Å². The molecule has 9 N–H and O–H groups in total. The molecule has 2 atom stereocenters. The maximum absolute atomic E-state index is 10.6. The molecule has 1 saturated heterocycles. The summed E-state index contributed by atoms with van der Waals surface area (Å²) in [5, 5.41) is 17.4. The van der Waals surface area contributed by atoms with E-state index < -0.39 is 25.7 Å². The number of nitrogens with zero attached hydrogens (tertiary/aromatic N) is 1. The molecular weight excluding hydrogens is 600 g/mol. The molecule has 0 bridgehead atoms. The van der Waals surface area contributed by atoms with Crippen molar-refractivity contribution >= 4 is 19.8 Å². The summed E-state index contributed by atoms with van der Waals surface area (Å²) in [6.07, 6.45) is 9.32. The first-order valence-corrected chi connectivity index (χ1v) is 11.5. The molecule has 13 heteroatoms. The van der Waals surface area contributed by atoms with E-state index >= 15 is 0 Å². The Bertz CT molecular complexity index is 499. The van der Waals surface area contributed by atoms with Crippen LogP contribution in [0.1, 0.15) is 57.8 Å². The van der Waals surface area contributed by atoms with Crippen molar-refractivity contribution in [1.29, 1.82) is 0 Å². The van der Waals surface area contributed by atoms with Gasteiger partial charge in [-0.15, -0.1) is 0 Å². The first-order chi connectivity index (χ1) is 13.4. The molecule has 1 aliphatic carbocycles. The molecule has 0 radical (unpaired) electrons. The van der Waals surface area contributed by atoms with E-state index in [4.69, 9.17) is 40.9 Å². The number of carboxylic acids is 2. The van der Waals surface area contributed by atoms with E-state index in [0.717, 1.165) is 32.5 Å². The topological polar surface area (TPSA) is 208 Å². The molecule has 1 saturated carbocycles. The molecule has 30 heavy (non-hydrogen) atoms. The summed E-state index contributed by atoms with van der Waals surface area (Å²) in [6, 6.07) is 0.562. The Morgan fingerprint density at radius 1 is 0.900 bits per heavy atom. The summed E-state index contributed by atoms with van der Waals surface area (Å²) in [7, 11) is -4.64. The van der Waals surface area contributed by atoms with Crippen LogP contribution in [0.25, 0.3) is 0 Å². The molecule has 1 heterocycles. The van der Waals surface area contributed by atoms with Gasteiger partial charge in [0.25, 0.3) is 0 Å². The second-order valence-electron chi connectivity index (χ2n) is 7.40. The Hall–Kier alpha value is -0.382. The zero-order valence-electron chi connectivity index (χ0n) is 17.0. The number of aliphatic carboxylic acids is 2. The van der Waals surface area contributed by atoms with E-state index in [-0.39, 0.29) is 39.6 Å². The minimum absolute atomic E-state index is 0. The average Bonchev–Trinajstić information content (AvgIpc) is 2.61. The van der Waals surface area contributed by atoms with E-state index in [1.807, 2.05) is 0 Å². The third kappa shape index (κ3) is 18.4. The molecule has 0 aromatic heterocycles. The second-order valence-corrected chi connectivity index (χ2v) is 8.43. The van der Waals surface area contributed by atoms with Gasteiger partial charge in [-0.25, -0.2) is 4.57 Å². The SMILES string of the molecule is NC1CCCCC1N.O=C(O)C(CCCN1CCCCC1)C(=O)O.O=P(O)(O)O.[Pt+2]. The van der Waals surface area contributed by atoms with Gasteiger partial charge in [0, 0.05) is 12.1 Å². The molecule has 0 aromatic rings. The zero-order valence-corrected chi connectivity index (χ0v) is 20.2. The van der Waals surface area contributed by atoms with Crippen molar-refractivity contribution in [2.45, 2.75) is 69.9 Å². The van der Waals surface area contributed by atoms with Crippen LogP contribution in [-0.4, -0.2) is 73.4 Å². The van der Waals surface area contributed by atoms with Gasteiger partial charge >= 0.3 is 40.8 Å². The maximum Gasteiger partial charge on any atom is 2.00 e. The van der Waals surface area contributed by atoms with Crippen LogP contribution in [0.4, 0.5) is 0 Å². The number of hydrogen-bond donors (Lipinski definition) is 7. The molecule has 180 valence electrons. The first-order valence-electron chi connectivity index (χ1n) is 9.89. The monoisotopic (exact) mass is 636 g/mol. The zero-order chi connectivity index (χ0) is 22.4. The van der Waals surface area contributed by atoms with Gasteiger partial charge < -0.3 is 41.3 Å². The van der Waals surface area contributed by atoms with Gasteiger partial charge in [0.2, 0.25) is 0 Å². The third-order valence-corrected chi connectivity index (χ3v) is 4.89. The number of hydrogen-bond acceptors (Lipinski definition) is 6. The van der Waals surface area contributed by atoms with Crippen molar-refractivity contribution in [3.8, 4) is 0 Å². The number of piperidine rings is 1. The van der Waals surface area contributed by atoms with Gasteiger partial charge in [0.1, 0.15) is 0 Å². The summed E-state index contributed by atoms with van der Waals surface area (Å²) in [4.78, 5) is 45.1. The third-order valence-electron chi connectivity index (χ3n) is 4.89. The molecule has 2 unspecified atom stereocenters. The van der Waals surface area contributed by atoms with Crippen LogP contribution >= 0.6 is 7.82 Å². The number of nitrogens with two attached hydrogens (primary N) is 2. The minimum atomic E-state index is -4.64. The Balaban J connectivity index is 0. The summed E-state index contributed by atoms with van der Waals surface area (Å²) in [5.41, 5.74) is 11.3. The standard InChI is InChI=1S/C11H19NO4.C6H14N2.H3O4P.Pt/c13-10(14)9(11(15)16)5-4-8-12-6-2-1-3-7-12;7-5-3-1-2-4-6(5)8;1-5(2,3)4;/h9H,1-8H2,(H,13,14)(H,15,16);5-6H,1-4,7-8H2;(H3,1,2,3,4);/q;;;+2. The predicted octanol–water partition coefficient (Wildman–Crippen LogP) is 0.322. The Labute approximate surface area is 191 Å². The van der Waals surface area contributed by atoms with Crippen LogP contribution < -0.4 is 11.5 Å². The largest absolute Gasteiger partial charge is 2.00 e. The van der Waals surface area contributed by atoms with E-state index in [1.165, 1.54) is 32.1 Å². The van der Waals surface area contributed by atoms with E-state index in [2.05, 4.69) is 4.90 Å². The Kier molecular flexibility index (Phi) is 18.2. The fourth-order valence-corrected chi connectivity index (χ4v) is 3.24. The van der Waals surface area contributed by atoms with Crippen LogP contribution in [-0.2, 0) is 35.2 Å². The fourth-order valence-electron chi connectivity index (χ4n) is 3.24. The number of carbonyl (C=O) groups is 2. The van der Waals surface area contributed by atoms with Crippen LogP contribution in [0, 0.1) is 5.92 Å². The van der Waals surface area contributed by atoms with Gasteiger partial charge in [-0.05, 0) is 58.2 Å². The predicted molar refractivity (Wildman–Crippen MR) is 107 cm³/mol. The number of likely N-dealkylation sites (tertiary alicyclic amines) is 1.